The quantitative estimate of drug-likeness (QED) is 0.850. The Labute approximate surface area is 140 Å². The minimum atomic E-state index is -0.231. The number of carbonyl (C=O) groups excluding carboxylic acids is 2. The van der Waals surface area contributed by atoms with Gasteiger partial charge in [0.15, 0.2) is 11.5 Å². The largest absolute Gasteiger partial charge is 0.441 e. The Bertz CT molecular complexity index is 792. The summed E-state index contributed by atoms with van der Waals surface area (Å²) in [5.41, 5.74) is 2.24. The number of nitrogens with zero attached hydrogens (tertiary/aromatic N) is 3. The van der Waals surface area contributed by atoms with E-state index >= 15 is 0 Å². The number of aryl methyl sites for hydroxylation is 1. The third-order valence-electron chi connectivity index (χ3n) is 4.93. The summed E-state index contributed by atoms with van der Waals surface area (Å²) in [4.78, 5) is 33.0. The van der Waals surface area contributed by atoms with E-state index in [4.69, 9.17) is 4.42 Å². The summed E-state index contributed by atoms with van der Waals surface area (Å²) in [5.74, 6) is 0.507. The van der Waals surface area contributed by atoms with Crippen molar-refractivity contribution in [2.75, 3.05) is 24.5 Å². The van der Waals surface area contributed by atoms with Crippen LogP contribution in [0.5, 0.6) is 0 Å². The van der Waals surface area contributed by atoms with Gasteiger partial charge in [-0.2, -0.15) is 0 Å². The van der Waals surface area contributed by atoms with E-state index < -0.39 is 0 Å². The van der Waals surface area contributed by atoms with Gasteiger partial charge in [0.1, 0.15) is 5.52 Å². The third kappa shape index (κ3) is 2.66. The number of piperidine rings is 1. The Hall–Kier alpha value is -2.37. The first-order chi connectivity index (χ1) is 11.6. The number of anilines is 1. The second kappa shape index (κ2) is 5.92. The zero-order valence-electron chi connectivity index (χ0n) is 13.8. The topological polar surface area (TPSA) is 66.7 Å². The molecule has 0 saturated carbocycles. The third-order valence-corrected chi connectivity index (χ3v) is 4.93. The van der Waals surface area contributed by atoms with Crippen LogP contribution in [0.1, 0.15) is 31.6 Å². The number of hydrogen-bond donors (Lipinski definition) is 0. The van der Waals surface area contributed by atoms with Gasteiger partial charge < -0.3 is 14.2 Å². The molecule has 2 aromatic rings. The van der Waals surface area contributed by atoms with Crippen LogP contribution in [0.15, 0.2) is 22.6 Å². The van der Waals surface area contributed by atoms with Crippen molar-refractivity contribution in [3.63, 3.8) is 0 Å². The monoisotopic (exact) mass is 327 g/mol. The van der Waals surface area contributed by atoms with Gasteiger partial charge in [-0.1, -0.05) is 0 Å². The zero-order valence-corrected chi connectivity index (χ0v) is 13.8. The molecular weight excluding hydrogens is 306 g/mol. The predicted octanol–water partition coefficient (Wildman–Crippen LogP) is 2.50. The summed E-state index contributed by atoms with van der Waals surface area (Å²) in [6.07, 6.45) is 3.62. The molecule has 6 nitrogen and oxygen atoms in total. The maximum atomic E-state index is 12.7. The molecule has 2 aliphatic heterocycles. The van der Waals surface area contributed by atoms with Crippen molar-refractivity contribution >= 4 is 28.6 Å². The molecule has 0 N–H and O–H groups in total. The highest BCUT2D eigenvalue weighted by Crippen LogP contribution is 2.29. The molecule has 126 valence electrons. The van der Waals surface area contributed by atoms with E-state index in [1.54, 1.807) is 11.8 Å². The van der Waals surface area contributed by atoms with Gasteiger partial charge in [0.2, 0.25) is 11.8 Å². The maximum Gasteiger partial charge on any atom is 0.228 e. The standard InChI is InChI=1S/C18H21N3O3/c1-12-19-15-10-14(5-6-16(15)24-12)21-11-13(9-17(21)22)18(23)20-7-3-2-4-8-20/h5-6,10,13H,2-4,7-9,11H2,1H3. The molecule has 1 atom stereocenters. The Balaban J connectivity index is 1.53. The number of benzene rings is 1. The van der Waals surface area contributed by atoms with E-state index in [9.17, 15) is 9.59 Å². The Kier molecular flexibility index (Phi) is 3.75. The lowest BCUT2D eigenvalue weighted by atomic mass is 10.0. The lowest BCUT2D eigenvalue weighted by Crippen LogP contribution is -2.40. The summed E-state index contributed by atoms with van der Waals surface area (Å²) in [6, 6.07) is 5.55. The van der Waals surface area contributed by atoms with Crippen molar-refractivity contribution in [3.8, 4) is 0 Å². The Morgan fingerprint density at radius 1 is 1.25 bits per heavy atom. The van der Waals surface area contributed by atoms with Crippen molar-refractivity contribution in [3.05, 3.63) is 24.1 Å². The Morgan fingerprint density at radius 2 is 2.04 bits per heavy atom. The van der Waals surface area contributed by atoms with Crippen LogP contribution in [0.2, 0.25) is 0 Å². The van der Waals surface area contributed by atoms with Crippen LogP contribution in [0, 0.1) is 12.8 Å². The van der Waals surface area contributed by atoms with E-state index in [1.807, 2.05) is 23.1 Å². The summed E-state index contributed by atoms with van der Waals surface area (Å²) in [7, 11) is 0. The highest BCUT2D eigenvalue weighted by Gasteiger charge is 2.37. The molecule has 0 spiro atoms. The van der Waals surface area contributed by atoms with Gasteiger partial charge >= 0.3 is 0 Å². The number of oxazole rings is 1. The van der Waals surface area contributed by atoms with E-state index in [1.165, 1.54) is 6.42 Å². The molecule has 0 radical (unpaired) electrons. The molecular formula is C18H21N3O3. The molecule has 2 fully saturated rings. The number of rotatable bonds is 2. The molecule has 0 aliphatic carbocycles. The highest BCUT2D eigenvalue weighted by molar-refractivity contribution is 6.01. The first-order valence-electron chi connectivity index (χ1n) is 8.58. The number of likely N-dealkylation sites (tertiary alicyclic amines) is 1. The number of amides is 2. The fraction of sp³-hybridized carbons (Fsp3) is 0.500. The van der Waals surface area contributed by atoms with Crippen molar-refractivity contribution < 1.29 is 14.0 Å². The lowest BCUT2D eigenvalue weighted by Gasteiger charge is -2.29. The molecule has 6 heteroatoms. The fourth-order valence-corrected chi connectivity index (χ4v) is 3.69. The molecule has 4 rings (SSSR count). The molecule has 2 saturated heterocycles. The van der Waals surface area contributed by atoms with Crippen molar-refractivity contribution in [2.24, 2.45) is 5.92 Å². The van der Waals surface area contributed by atoms with Gasteiger partial charge in [-0.3, -0.25) is 9.59 Å². The van der Waals surface area contributed by atoms with Gasteiger partial charge in [-0.15, -0.1) is 0 Å². The second-order valence-corrected chi connectivity index (χ2v) is 6.68. The van der Waals surface area contributed by atoms with Crippen molar-refractivity contribution in [1.29, 1.82) is 0 Å². The average molecular weight is 327 g/mol. The maximum absolute atomic E-state index is 12.7. The molecule has 1 aromatic heterocycles. The molecule has 0 bridgehead atoms. The van der Waals surface area contributed by atoms with E-state index in [0.717, 1.165) is 37.1 Å². The van der Waals surface area contributed by atoms with Crippen LogP contribution in [0.25, 0.3) is 11.1 Å². The smallest absolute Gasteiger partial charge is 0.228 e. The molecule has 2 aliphatic rings. The Morgan fingerprint density at radius 3 is 2.83 bits per heavy atom. The van der Waals surface area contributed by atoms with Gasteiger partial charge in [-0.25, -0.2) is 4.98 Å². The fourth-order valence-electron chi connectivity index (χ4n) is 3.69. The highest BCUT2D eigenvalue weighted by atomic mass is 16.3. The number of hydrogen-bond acceptors (Lipinski definition) is 4. The number of carbonyl (C=O) groups is 2. The van der Waals surface area contributed by atoms with Crippen LogP contribution in [-0.4, -0.2) is 41.3 Å². The molecule has 3 heterocycles. The summed E-state index contributed by atoms with van der Waals surface area (Å²) in [6.45, 7) is 3.91. The first-order valence-corrected chi connectivity index (χ1v) is 8.58. The summed E-state index contributed by atoms with van der Waals surface area (Å²) < 4.78 is 5.48. The lowest BCUT2D eigenvalue weighted by molar-refractivity contribution is -0.136. The summed E-state index contributed by atoms with van der Waals surface area (Å²) in [5, 5.41) is 0. The summed E-state index contributed by atoms with van der Waals surface area (Å²) >= 11 is 0. The van der Waals surface area contributed by atoms with Gasteiger partial charge in [-0.05, 0) is 37.5 Å². The molecule has 24 heavy (non-hydrogen) atoms. The minimum Gasteiger partial charge on any atom is -0.441 e. The van der Waals surface area contributed by atoms with Gasteiger partial charge in [0.05, 0.1) is 5.92 Å². The van der Waals surface area contributed by atoms with Gasteiger partial charge in [0.25, 0.3) is 0 Å². The second-order valence-electron chi connectivity index (χ2n) is 6.68. The average Bonchev–Trinajstić information content (AvgIpc) is 3.16. The SMILES string of the molecule is Cc1nc2cc(N3CC(C(=O)N4CCCCC4)CC3=O)ccc2o1. The van der Waals surface area contributed by atoms with Crippen LogP contribution < -0.4 is 4.90 Å². The van der Waals surface area contributed by atoms with Crippen LogP contribution >= 0.6 is 0 Å². The van der Waals surface area contributed by atoms with Crippen LogP contribution in [-0.2, 0) is 9.59 Å². The predicted molar refractivity (Wildman–Crippen MR) is 89.6 cm³/mol. The van der Waals surface area contributed by atoms with Crippen LogP contribution in [0.4, 0.5) is 5.69 Å². The minimum absolute atomic E-state index is 0.00456. The van der Waals surface area contributed by atoms with Gasteiger partial charge in [0, 0.05) is 38.7 Å². The van der Waals surface area contributed by atoms with E-state index in [-0.39, 0.29) is 17.7 Å². The molecule has 1 unspecified atom stereocenters. The van der Waals surface area contributed by atoms with Crippen LogP contribution in [0.3, 0.4) is 0 Å². The van der Waals surface area contributed by atoms with E-state index in [2.05, 4.69) is 4.98 Å². The van der Waals surface area contributed by atoms with Crippen molar-refractivity contribution in [2.45, 2.75) is 32.6 Å². The molecule has 1 aromatic carbocycles. The normalized spacial score (nSPS) is 21.7. The first kappa shape index (κ1) is 15.2. The van der Waals surface area contributed by atoms with Crippen molar-refractivity contribution in [1.82, 2.24) is 9.88 Å². The zero-order chi connectivity index (χ0) is 16.7. The molecule has 2 amide bonds. The number of fused-ring (bicyclic) bond motifs is 1. The number of aromatic nitrogens is 1. The van der Waals surface area contributed by atoms with E-state index in [0.29, 0.717) is 24.4 Å².